The van der Waals surface area contributed by atoms with Crippen molar-refractivity contribution in [2.45, 2.75) is 25.9 Å². The Bertz CT molecular complexity index is 364. The van der Waals surface area contributed by atoms with Crippen LogP contribution in [0.4, 0.5) is 14.5 Å². The number of hydrogen-bond acceptors (Lipinski definition) is 2. The Morgan fingerprint density at radius 2 is 1.94 bits per heavy atom. The molecule has 0 unspecified atom stereocenters. The van der Waals surface area contributed by atoms with Crippen LogP contribution in [0.5, 0.6) is 0 Å². The van der Waals surface area contributed by atoms with E-state index in [2.05, 4.69) is 0 Å². The molecule has 2 nitrogen and oxygen atoms in total. The topological polar surface area (TPSA) is 23.5 Å². The third-order valence-electron chi connectivity index (χ3n) is 2.43. The maximum Gasteiger partial charge on any atom is 0.182 e. The third kappa shape index (κ3) is 2.92. The SMILES string of the molecule is C[C@@H](O)CCc1ccc(F)c(F)c1N(C)C. The van der Waals surface area contributed by atoms with Crippen LogP contribution in [-0.2, 0) is 6.42 Å². The van der Waals surface area contributed by atoms with Gasteiger partial charge in [0.25, 0.3) is 0 Å². The Balaban J connectivity index is 3.03. The molecule has 16 heavy (non-hydrogen) atoms. The summed E-state index contributed by atoms with van der Waals surface area (Å²) in [6.07, 6.45) is 0.622. The van der Waals surface area contributed by atoms with Crippen molar-refractivity contribution in [1.82, 2.24) is 0 Å². The maximum atomic E-state index is 13.6. The number of benzene rings is 1. The summed E-state index contributed by atoms with van der Waals surface area (Å²) >= 11 is 0. The number of rotatable bonds is 4. The summed E-state index contributed by atoms with van der Waals surface area (Å²) in [5, 5.41) is 9.19. The molecule has 1 rings (SSSR count). The van der Waals surface area contributed by atoms with Crippen molar-refractivity contribution in [3.8, 4) is 0 Å². The predicted molar refractivity (Wildman–Crippen MR) is 60.7 cm³/mol. The van der Waals surface area contributed by atoms with Gasteiger partial charge in [-0.25, -0.2) is 8.78 Å². The van der Waals surface area contributed by atoms with E-state index in [1.54, 1.807) is 32.0 Å². The van der Waals surface area contributed by atoms with Crippen LogP contribution in [-0.4, -0.2) is 25.3 Å². The highest BCUT2D eigenvalue weighted by molar-refractivity contribution is 5.54. The number of aryl methyl sites for hydroxylation is 1. The Morgan fingerprint density at radius 3 is 2.44 bits per heavy atom. The molecule has 90 valence electrons. The van der Waals surface area contributed by atoms with Gasteiger partial charge in [0.1, 0.15) is 0 Å². The van der Waals surface area contributed by atoms with Crippen LogP contribution >= 0.6 is 0 Å². The molecule has 0 fully saturated rings. The zero-order valence-corrected chi connectivity index (χ0v) is 9.80. The number of halogens is 2. The first kappa shape index (κ1) is 12.9. The van der Waals surface area contributed by atoms with Gasteiger partial charge in [0.2, 0.25) is 0 Å². The van der Waals surface area contributed by atoms with Crippen LogP contribution < -0.4 is 4.90 Å². The molecule has 0 spiro atoms. The third-order valence-corrected chi connectivity index (χ3v) is 2.43. The summed E-state index contributed by atoms with van der Waals surface area (Å²) in [6, 6.07) is 2.69. The molecule has 0 aromatic heterocycles. The zero-order valence-electron chi connectivity index (χ0n) is 9.80. The van der Waals surface area contributed by atoms with Gasteiger partial charge in [0.05, 0.1) is 11.8 Å². The lowest BCUT2D eigenvalue weighted by Gasteiger charge is -2.19. The fourth-order valence-electron chi connectivity index (χ4n) is 1.63. The van der Waals surface area contributed by atoms with Gasteiger partial charge in [-0.05, 0) is 31.4 Å². The standard InChI is InChI=1S/C12H17F2NO/c1-8(16)4-5-9-6-7-10(13)11(14)12(9)15(2)3/h6-8,16H,4-5H2,1-3H3/t8-/m1/s1. The average molecular weight is 229 g/mol. The van der Waals surface area contributed by atoms with Crippen molar-refractivity contribution in [3.05, 3.63) is 29.3 Å². The Kier molecular flexibility index (Phi) is 4.24. The highest BCUT2D eigenvalue weighted by Crippen LogP contribution is 2.26. The molecule has 1 atom stereocenters. The van der Waals surface area contributed by atoms with E-state index in [-0.39, 0.29) is 5.69 Å². The van der Waals surface area contributed by atoms with E-state index in [9.17, 15) is 13.9 Å². The van der Waals surface area contributed by atoms with E-state index in [1.165, 1.54) is 0 Å². The summed E-state index contributed by atoms with van der Waals surface area (Å²) in [5.41, 5.74) is 0.977. The normalized spacial score (nSPS) is 12.6. The van der Waals surface area contributed by atoms with E-state index in [1.807, 2.05) is 0 Å². The number of nitrogens with zero attached hydrogens (tertiary/aromatic N) is 1. The molecule has 0 radical (unpaired) electrons. The van der Waals surface area contributed by atoms with Gasteiger partial charge in [-0.2, -0.15) is 0 Å². The van der Waals surface area contributed by atoms with Gasteiger partial charge in [0, 0.05) is 14.1 Å². The van der Waals surface area contributed by atoms with Crippen molar-refractivity contribution in [2.75, 3.05) is 19.0 Å². The van der Waals surface area contributed by atoms with Crippen LogP contribution in [0, 0.1) is 11.6 Å². The molecule has 0 amide bonds. The Hall–Kier alpha value is -1.16. The Labute approximate surface area is 94.5 Å². The van der Waals surface area contributed by atoms with Gasteiger partial charge in [-0.15, -0.1) is 0 Å². The van der Waals surface area contributed by atoms with E-state index in [0.717, 1.165) is 6.07 Å². The quantitative estimate of drug-likeness (QED) is 0.856. The van der Waals surface area contributed by atoms with Crippen molar-refractivity contribution < 1.29 is 13.9 Å². The summed E-state index contributed by atoms with van der Waals surface area (Å²) in [6.45, 7) is 1.68. The van der Waals surface area contributed by atoms with Gasteiger partial charge >= 0.3 is 0 Å². The second-order valence-electron chi connectivity index (χ2n) is 4.15. The second-order valence-corrected chi connectivity index (χ2v) is 4.15. The molecule has 0 saturated heterocycles. The zero-order chi connectivity index (χ0) is 12.3. The minimum atomic E-state index is -0.843. The summed E-state index contributed by atoms with van der Waals surface area (Å²) < 4.78 is 26.6. The first-order valence-corrected chi connectivity index (χ1v) is 5.25. The minimum Gasteiger partial charge on any atom is -0.393 e. The van der Waals surface area contributed by atoms with Crippen molar-refractivity contribution in [2.24, 2.45) is 0 Å². The molecule has 0 heterocycles. The fraction of sp³-hybridized carbons (Fsp3) is 0.500. The summed E-state index contributed by atoms with van der Waals surface area (Å²) in [5.74, 6) is -1.67. The highest BCUT2D eigenvalue weighted by atomic mass is 19.2. The molecule has 0 aliphatic heterocycles. The molecule has 1 N–H and O–H groups in total. The fourth-order valence-corrected chi connectivity index (χ4v) is 1.63. The Morgan fingerprint density at radius 1 is 1.31 bits per heavy atom. The second kappa shape index (κ2) is 5.25. The molecule has 0 saturated carbocycles. The smallest absolute Gasteiger partial charge is 0.182 e. The molecule has 1 aromatic carbocycles. The van der Waals surface area contributed by atoms with Crippen LogP contribution in [0.1, 0.15) is 18.9 Å². The van der Waals surface area contributed by atoms with E-state index < -0.39 is 17.7 Å². The van der Waals surface area contributed by atoms with Crippen LogP contribution in [0.15, 0.2) is 12.1 Å². The summed E-state index contributed by atoms with van der Waals surface area (Å²) in [7, 11) is 3.34. The van der Waals surface area contributed by atoms with Gasteiger partial charge < -0.3 is 10.0 Å². The number of aliphatic hydroxyl groups excluding tert-OH is 1. The van der Waals surface area contributed by atoms with Gasteiger partial charge in [-0.1, -0.05) is 6.07 Å². The van der Waals surface area contributed by atoms with Gasteiger partial charge in [0.15, 0.2) is 11.6 Å². The van der Waals surface area contributed by atoms with Crippen molar-refractivity contribution >= 4 is 5.69 Å². The van der Waals surface area contributed by atoms with Gasteiger partial charge in [-0.3, -0.25) is 0 Å². The molecular formula is C12H17F2NO. The lowest BCUT2D eigenvalue weighted by Crippen LogP contribution is -2.15. The molecule has 0 aliphatic rings. The molecule has 0 aliphatic carbocycles. The minimum absolute atomic E-state index is 0.264. The van der Waals surface area contributed by atoms with Crippen LogP contribution in [0.3, 0.4) is 0 Å². The molecular weight excluding hydrogens is 212 g/mol. The highest BCUT2D eigenvalue weighted by Gasteiger charge is 2.15. The van der Waals surface area contributed by atoms with E-state index >= 15 is 0 Å². The molecule has 1 aromatic rings. The van der Waals surface area contributed by atoms with Crippen molar-refractivity contribution in [3.63, 3.8) is 0 Å². The first-order valence-electron chi connectivity index (χ1n) is 5.25. The largest absolute Gasteiger partial charge is 0.393 e. The number of anilines is 1. The van der Waals surface area contributed by atoms with E-state index in [4.69, 9.17) is 0 Å². The van der Waals surface area contributed by atoms with E-state index in [0.29, 0.717) is 18.4 Å². The first-order chi connectivity index (χ1) is 7.43. The monoisotopic (exact) mass is 229 g/mol. The van der Waals surface area contributed by atoms with Crippen molar-refractivity contribution in [1.29, 1.82) is 0 Å². The lowest BCUT2D eigenvalue weighted by molar-refractivity contribution is 0.185. The number of hydrogen-bond donors (Lipinski definition) is 1. The molecule has 0 bridgehead atoms. The average Bonchev–Trinajstić information content (AvgIpc) is 2.19. The lowest BCUT2D eigenvalue weighted by atomic mass is 10.0. The predicted octanol–water partition coefficient (Wildman–Crippen LogP) is 2.34. The maximum absolute atomic E-state index is 13.6. The van der Waals surface area contributed by atoms with Crippen LogP contribution in [0.25, 0.3) is 0 Å². The molecule has 4 heteroatoms. The summed E-state index contributed by atoms with van der Waals surface area (Å²) in [4.78, 5) is 1.55. The number of aliphatic hydroxyl groups is 1. The van der Waals surface area contributed by atoms with Crippen LogP contribution in [0.2, 0.25) is 0 Å².